The summed E-state index contributed by atoms with van der Waals surface area (Å²) in [6.07, 6.45) is 5.29. The molecule has 1 atom stereocenters. The van der Waals surface area contributed by atoms with E-state index in [4.69, 9.17) is 16.0 Å². The second-order valence-electron chi connectivity index (χ2n) is 7.15. The van der Waals surface area contributed by atoms with Gasteiger partial charge in [0.15, 0.2) is 0 Å². The molecule has 4 aromatic rings. The van der Waals surface area contributed by atoms with Crippen LogP contribution in [0.2, 0.25) is 5.02 Å². The molecule has 2 aromatic carbocycles. The number of pyridine rings is 1. The van der Waals surface area contributed by atoms with Crippen LogP contribution >= 0.6 is 22.1 Å². The number of aromatic nitrogens is 1. The average Bonchev–Trinajstić information content (AvgIpc) is 3.33. The first-order valence-electron chi connectivity index (χ1n) is 10.5. The maximum atomic E-state index is 13.3. The predicted octanol–water partition coefficient (Wildman–Crippen LogP) is 6.80. The number of nitrogens with zero attached hydrogens (tertiary/aromatic N) is 1. The second-order valence-corrected chi connectivity index (χ2v) is 9.64. The summed E-state index contributed by atoms with van der Waals surface area (Å²) in [5.74, 6) is 1.18. The molecule has 1 amide bonds. The van der Waals surface area contributed by atoms with Crippen molar-refractivity contribution in [1.29, 1.82) is 0 Å². The Morgan fingerprint density at radius 3 is 2.52 bits per heavy atom. The Bertz CT molecular complexity index is 1280. The number of carbonyl (C=O) groups excluding carboxylic acids is 1. The Balaban J connectivity index is 1.67. The fourth-order valence-corrected chi connectivity index (χ4v) is 5.16. The molecule has 0 aliphatic heterocycles. The van der Waals surface area contributed by atoms with Crippen molar-refractivity contribution in [3.63, 3.8) is 0 Å². The largest absolute Gasteiger partial charge is 0.457 e. The standard InChI is InChI=1S/C27H23ClN2O2S/c1-2-33(24-8-4-3-5-9-24)26(27(31)30-19-20-7-6-16-29-18-20)17-23-14-15-25(32-23)21-10-12-22(28)13-11-21/h2-18H,19H2,1H3,(H,30,31)/b26-17-. The van der Waals surface area contributed by atoms with Gasteiger partial charge in [0.2, 0.25) is 0 Å². The van der Waals surface area contributed by atoms with Crippen molar-refractivity contribution in [3.05, 3.63) is 113 Å². The minimum atomic E-state index is -0.528. The molecule has 0 aliphatic rings. The highest BCUT2D eigenvalue weighted by Gasteiger charge is 2.16. The van der Waals surface area contributed by atoms with Gasteiger partial charge in [0.25, 0.3) is 5.91 Å². The normalized spacial score (nSPS) is 12.5. The average molecular weight is 475 g/mol. The number of benzene rings is 2. The van der Waals surface area contributed by atoms with Gasteiger partial charge in [-0.15, -0.1) is 10.5 Å². The quantitative estimate of drug-likeness (QED) is 0.236. The smallest absolute Gasteiger partial charge is 0.257 e. The number of nitrogens with one attached hydrogen (secondary N) is 1. The summed E-state index contributed by atoms with van der Waals surface area (Å²) in [5, 5.41) is 5.75. The third-order valence-electron chi connectivity index (χ3n) is 4.90. The van der Waals surface area contributed by atoms with Crippen LogP contribution in [0, 0.1) is 0 Å². The summed E-state index contributed by atoms with van der Waals surface area (Å²) in [5.41, 5.74) is 1.86. The lowest BCUT2D eigenvalue weighted by Gasteiger charge is -2.14. The van der Waals surface area contributed by atoms with Crippen molar-refractivity contribution in [3.8, 4) is 11.3 Å². The number of amides is 1. The highest BCUT2D eigenvalue weighted by Crippen LogP contribution is 2.36. The molecule has 1 unspecified atom stereocenters. The van der Waals surface area contributed by atoms with Crippen LogP contribution in [0.4, 0.5) is 0 Å². The molecule has 4 nitrogen and oxygen atoms in total. The third kappa shape index (κ3) is 5.89. The fraction of sp³-hybridized carbons (Fsp3) is 0.0741. The van der Waals surface area contributed by atoms with Crippen molar-refractivity contribution < 1.29 is 9.21 Å². The lowest BCUT2D eigenvalue weighted by molar-refractivity contribution is -0.116. The summed E-state index contributed by atoms with van der Waals surface area (Å²) in [6.45, 7) is 2.37. The van der Waals surface area contributed by atoms with Crippen LogP contribution < -0.4 is 5.32 Å². The molecule has 0 saturated carbocycles. The highest BCUT2D eigenvalue weighted by atomic mass is 35.5. The summed E-state index contributed by atoms with van der Waals surface area (Å²) in [4.78, 5) is 19.1. The van der Waals surface area contributed by atoms with E-state index in [1.54, 1.807) is 12.4 Å². The van der Waals surface area contributed by atoms with Gasteiger partial charge in [-0.3, -0.25) is 9.78 Å². The van der Waals surface area contributed by atoms with E-state index in [-0.39, 0.29) is 5.91 Å². The molecule has 0 bridgehead atoms. The SMILES string of the molecule is C/C=S(\C(=C/c1ccc(-c2ccc(Cl)cc2)o1)C(=O)NCc1cccnc1)c1ccccc1. The molecule has 166 valence electrons. The van der Waals surface area contributed by atoms with Gasteiger partial charge in [-0.2, -0.15) is 0 Å². The number of halogens is 1. The molecule has 1 N–H and O–H groups in total. The highest BCUT2D eigenvalue weighted by molar-refractivity contribution is 8.19. The maximum absolute atomic E-state index is 13.3. The van der Waals surface area contributed by atoms with Gasteiger partial charge in [-0.1, -0.05) is 41.2 Å². The maximum Gasteiger partial charge on any atom is 0.257 e. The predicted molar refractivity (Wildman–Crippen MR) is 137 cm³/mol. The number of furan rings is 1. The van der Waals surface area contributed by atoms with E-state index in [1.165, 1.54) is 0 Å². The Labute approximate surface area is 200 Å². The van der Waals surface area contributed by atoms with Gasteiger partial charge in [-0.25, -0.2) is 0 Å². The van der Waals surface area contributed by atoms with Gasteiger partial charge in [0, 0.05) is 34.4 Å². The van der Waals surface area contributed by atoms with Gasteiger partial charge >= 0.3 is 0 Å². The van der Waals surface area contributed by atoms with Crippen molar-refractivity contribution in [2.75, 3.05) is 0 Å². The number of hydrogen-bond acceptors (Lipinski definition) is 3. The molecule has 33 heavy (non-hydrogen) atoms. The molecule has 0 saturated heterocycles. The molecule has 0 radical (unpaired) electrons. The molecule has 2 heterocycles. The van der Waals surface area contributed by atoms with Crippen LogP contribution in [-0.4, -0.2) is 16.3 Å². The zero-order chi connectivity index (χ0) is 23.0. The van der Waals surface area contributed by atoms with Crippen LogP contribution in [-0.2, 0) is 11.3 Å². The first-order chi connectivity index (χ1) is 16.1. The summed E-state index contributed by atoms with van der Waals surface area (Å²) in [6, 6.07) is 25.0. The van der Waals surface area contributed by atoms with Crippen LogP contribution in [0.1, 0.15) is 18.2 Å². The number of carbonyl (C=O) groups is 1. The van der Waals surface area contributed by atoms with E-state index >= 15 is 0 Å². The van der Waals surface area contributed by atoms with Crippen LogP contribution in [0.3, 0.4) is 0 Å². The van der Waals surface area contributed by atoms with Crippen molar-refractivity contribution in [2.24, 2.45) is 0 Å². The van der Waals surface area contributed by atoms with Gasteiger partial charge < -0.3 is 9.73 Å². The summed E-state index contributed by atoms with van der Waals surface area (Å²) >= 11 is 6.00. The molecule has 0 aliphatic carbocycles. The molecular weight excluding hydrogens is 452 g/mol. The minimum absolute atomic E-state index is 0.145. The lowest BCUT2D eigenvalue weighted by atomic mass is 10.2. The van der Waals surface area contributed by atoms with Gasteiger partial charge in [0.1, 0.15) is 11.5 Å². The van der Waals surface area contributed by atoms with Crippen molar-refractivity contribution in [2.45, 2.75) is 18.4 Å². The monoisotopic (exact) mass is 474 g/mol. The topological polar surface area (TPSA) is 55.1 Å². The van der Waals surface area contributed by atoms with E-state index in [1.807, 2.05) is 97.2 Å². The van der Waals surface area contributed by atoms with Gasteiger partial charge in [-0.05, 0) is 73.2 Å². The fourth-order valence-electron chi connectivity index (χ4n) is 3.29. The summed E-state index contributed by atoms with van der Waals surface area (Å²) in [7, 11) is -0.528. The molecule has 6 heteroatoms. The zero-order valence-corrected chi connectivity index (χ0v) is 19.6. The van der Waals surface area contributed by atoms with E-state index < -0.39 is 10.5 Å². The van der Waals surface area contributed by atoms with E-state index in [2.05, 4.69) is 10.3 Å². The van der Waals surface area contributed by atoms with Gasteiger partial charge in [0.05, 0.1) is 4.91 Å². The van der Waals surface area contributed by atoms with Crippen LogP contribution in [0.5, 0.6) is 0 Å². The van der Waals surface area contributed by atoms with Crippen LogP contribution in [0.25, 0.3) is 17.4 Å². The molecule has 2 aromatic heterocycles. The lowest BCUT2D eigenvalue weighted by Crippen LogP contribution is -2.24. The third-order valence-corrected chi connectivity index (χ3v) is 7.18. The summed E-state index contributed by atoms with van der Waals surface area (Å²) < 4.78 is 6.06. The number of hydrogen-bond donors (Lipinski definition) is 1. The molecular formula is C27H23ClN2O2S. The first-order valence-corrected chi connectivity index (χ1v) is 12.1. The molecule has 0 spiro atoms. The molecule has 0 fully saturated rings. The Hall–Kier alpha value is -3.41. The molecule has 4 rings (SSSR count). The Morgan fingerprint density at radius 1 is 1.03 bits per heavy atom. The van der Waals surface area contributed by atoms with E-state index in [9.17, 15) is 4.79 Å². The Morgan fingerprint density at radius 2 is 1.82 bits per heavy atom. The Kier molecular flexibility index (Phi) is 7.55. The zero-order valence-electron chi connectivity index (χ0n) is 18.1. The minimum Gasteiger partial charge on any atom is -0.457 e. The first kappa shape index (κ1) is 22.8. The van der Waals surface area contributed by atoms with E-state index in [0.717, 1.165) is 16.0 Å². The second kappa shape index (κ2) is 10.9. The van der Waals surface area contributed by atoms with Crippen molar-refractivity contribution >= 4 is 39.4 Å². The van der Waals surface area contributed by atoms with E-state index in [0.29, 0.717) is 28.0 Å². The van der Waals surface area contributed by atoms with Crippen molar-refractivity contribution in [1.82, 2.24) is 10.3 Å². The number of rotatable bonds is 7. The van der Waals surface area contributed by atoms with Crippen LogP contribution in [0.15, 0.2) is 105 Å².